The molecule has 4 nitrogen and oxygen atoms in total. The van der Waals surface area contributed by atoms with Crippen LogP contribution >= 0.6 is 22.9 Å². The van der Waals surface area contributed by atoms with Gasteiger partial charge in [0.1, 0.15) is 0 Å². The number of hydrogen-bond donors (Lipinski definition) is 1. The maximum absolute atomic E-state index is 12.2. The Hall–Kier alpha value is -1.85. The number of nitrogens with two attached hydrogens (primary N) is 1. The zero-order chi connectivity index (χ0) is 15.7. The van der Waals surface area contributed by atoms with Crippen molar-refractivity contribution in [2.75, 3.05) is 13.1 Å². The largest absolute Gasteiger partial charge is 0.369 e. The number of fused-ring (bicyclic) bond motifs is 1. The van der Waals surface area contributed by atoms with Crippen LogP contribution in [0.3, 0.4) is 0 Å². The van der Waals surface area contributed by atoms with Gasteiger partial charge in [-0.15, -0.1) is 11.3 Å². The van der Waals surface area contributed by atoms with Crippen molar-refractivity contribution in [3.8, 4) is 0 Å². The number of primary amides is 1. The van der Waals surface area contributed by atoms with Crippen molar-refractivity contribution in [1.29, 1.82) is 0 Å². The van der Waals surface area contributed by atoms with Gasteiger partial charge in [0.2, 0.25) is 11.8 Å². The summed E-state index contributed by atoms with van der Waals surface area (Å²) >= 11 is 7.89. The number of hydrogen-bond acceptors (Lipinski definition) is 3. The molecule has 1 aromatic carbocycles. The average Bonchev–Trinajstić information content (AvgIpc) is 3.11. The van der Waals surface area contributed by atoms with E-state index < -0.39 is 0 Å². The van der Waals surface area contributed by atoms with Gasteiger partial charge in [-0.3, -0.25) is 9.59 Å². The van der Waals surface area contributed by atoms with Gasteiger partial charge < -0.3 is 10.6 Å². The number of carbonyl (C=O) groups excluding carboxylic acids is 2. The topological polar surface area (TPSA) is 63.4 Å². The number of likely N-dealkylation sites (tertiary alicyclic amines) is 1. The number of carbonyl (C=O) groups is 2. The molecular weight excluding hydrogens is 320 g/mol. The van der Waals surface area contributed by atoms with Crippen LogP contribution in [0.5, 0.6) is 0 Å². The highest BCUT2D eigenvalue weighted by atomic mass is 35.5. The Bertz CT molecular complexity index is 769. The smallest absolute Gasteiger partial charge is 0.246 e. The van der Waals surface area contributed by atoms with Crippen molar-refractivity contribution in [2.45, 2.75) is 6.42 Å². The quantitative estimate of drug-likeness (QED) is 0.877. The van der Waals surface area contributed by atoms with Gasteiger partial charge >= 0.3 is 0 Å². The molecule has 1 fully saturated rings. The highest BCUT2D eigenvalue weighted by Gasteiger charge is 2.28. The summed E-state index contributed by atoms with van der Waals surface area (Å²) in [5.74, 6) is -0.686. The summed E-state index contributed by atoms with van der Waals surface area (Å²) in [6, 6.07) is 7.87. The molecule has 1 aromatic heterocycles. The summed E-state index contributed by atoms with van der Waals surface area (Å²) in [5.41, 5.74) is 5.28. The Kier molecular flexibility index (Phi) is 4.18. The molecule has 2 aromatic rings. The molecule has 0 aliphatic carbocycles. The monoisotopic (exact) mass is 334 g/mol. The molecule has 1 aliphatic heterocycles. The zero-order valence-corrected chi connectivity index (χ0v) is 13.4. The Labute approximate surface area is 137 Å². The molecular formula is C16H15ClN2O2S. The van der Waals surface area contributed by atoms with Gasteiger partial charge in [-0.2, -0.15) is 0 Å². The Morgan fingerprint density at radius 3 is 2.82 bits per heavy atom. The van der Waals surface area contributed by atoms with Crippen molar-refractivity contribution in [2.24, 2.45) is 11.7 Å². The van der Waals surface area contributed by atoms with Crippen LogP contribution in [0.1, 0.15) is 11.3 Å². The Morgan fingerprint density at radius 1 is 1.36 bits per heavy atom. The molecule has 1 atom stereocenters. The van der Waals surface area contributed by atoms with Crippen LogP contribution in [-0.4, -0.2) is 29.8 Å². The van der Waals surface area contributed by atoms with Crippen molar-refractivity contribution >= 4 is 50.9 Å². The van der Waals surface area contributed by atoms with Crippen LogP contribution in [0.15, 0.2) is 30.3 Å². The van der Waals surface area contributed by atoms with Crippen molar-refractivity contribution in [1.82, 2.24) is 4.90 Å². The zero-order valence-electron chi connectivity index (χ0n) is 11.8. The van der Waals surface area contributed by atoms with E-state index in [1.807, 2.05) is 24.3 Å². The summed E-state index contributed by atoms with van der Waals surface area (Å²) in [6.07, 6.45) is 3.89. The van der Waals surface area contributed by atoms with Crippen molar-refractivity contribution in [3.63, 3.8) is 0 Å². The second kappa shape index (κ2) is 6.10. The van der Waals surface area contributed by atoms with Gasteiger partial charge in [0.25, 0.3) is 0 Å². The number of rotatable bonds is 3. The molecule has 2 heterocycles. The Morgan fingerprint density at radius 2 is 2.14 bits per heavy atom. The molecule has 22 heavy (non-hydrogen) atoms. The molecule has 0 spiro atoms. The second-order valence-corrected chi connectivity index (χ2v) is 6.74. The van der Waals surface area contributed by atoms with Gasteiger partial charge in [-0.1, -0.05) is 29.8 Å². The van der Waals surface area contributed by atoms with Crippen LogP contribution in [0.25, 0.3) is 16.2 Å². The van der Waals surface area contributed by atoms with Gasteiger partial charge in [0.05, 0.1) is 10.9 Å². The van der Waals surface area contributed by atoms with Gasteiger partial charge in [0, 0.05) is 34.1 Å². The summed E-state index contributed by atoms with van der Waals surface area (Å²) in [7, 11) is 0. The van der Waals surface area contributed by atoms with Crippen molar-refractivity contribution < 1.29 is 9.59 Å². The Balaban J connectivity index is 1.74. The third kappa shape index (κ3) is 2.87. The minimum absolute atomic E-state index is 0.114. The molecule has 3 rings (SSSR count). The molecule has 2 amide bonds. The van der Waals surface area contributed by atoms with Crippen LogP contribution in [-0.2, 0) is 9.59 Å². The average molecular weight is 335 g/mol. The van der Waals surface area contributed by atoms with E-state index in [2.05, 4.69) is 0 Å². The van der Waals surface area contributed by atoms with E-state index in [9.17, 15) is 9.59 Å². The van der Waals surface area contributed by atoms with Crippen LogP contribution in [0.4, 0.5) is 0 Å². The first-order chi connectivity index (χ1) is 10.6. The van der Waals surface area contributed by atoms with Crippen LogP contribution < -0.4 is 5.73 Å². The highest BCUT2D eigenvalue weighted by Crippen LogP contribution is 2.35. The standard InChI is InChI=1S/C16H15ClN2O2S/c17-15-11-3-1-2-4-12(11)22-13(15)5-6-14(20)19-8-7-10(9-19)16(18)21/h1-6,10H,7-9H2,(H2,18,21). The third-order valence-corrected chi connectivity index (χ3v) is 5.49. The maximum Gasteiger partial charge on any atom is 0.246 e. The first-order valence-electron chi connectivity index (χ1n) is 6.99. The van der Waals surface area contributed by atoms with E-state index in [4.69, 9.17) is 17.3 Å². The first-order valence-corrected chi connectivity index (χ1v) is 8.19. The lowest BCUT2D eigenvalue weighted by molar-refractivity contribution is -0.125. The lowest BCUT2D eigenvalue weighted by atomic mass is 10.1. The van der Waals surface area contributed by atoms with E-state index >= 15 is 0 Å². The molecule has 0 bridgehead atoms. The van der Waals surface area contributed by atoms with Gasteiger partial charge in [-0.25, -0.2) is 0 Å². The lowest BCUT2D eigenvalue weighted by Gasteiger charge is -2.12. The lowest BCUT2D eigenvalue weighted by Crippen LogP contribution is -2.30. The predicted octanol–water partition coefficient (Wildman–Crippen LogP) is 2.90. The molecule has 1 unspecified atom stereocenters. The van der Waals surface area contributed by atoms with E-state index in [0.717, 1.165) is 15.0 Å². The molecule has 0 radical (unpaired) electrons. The predicted molar refractivity (Wildman–Crippen MR) is 89.8 cm³/mol. The number of thiophene rings is 1. The normalized spacial score (nSPS) is 18.4. The van der Waals surface area contributed by atoms with Gasteiger partial charge in [-0.05, 0) is 18.6 Å². The van der Waals surface area contributed by atoms with E-state index in [1.165, 1.54) is 6.08 Å². The fourth-order valence-corrected chi connectivity index (χ4v) is 3.98. The third-order valence-electron chi connectivity index (χ3n) is 3.84. The molecule has 2 N–H and O–H groups in total. The molecule has 0 saturated carbocycles. The SMILES string of the molecule is NC(=O)C1CCN(C(=O)C=Cc2sc3ccccc3c2Cl)C1. The fourth-order valence-electron chi connectivity index (χ4n) is 2.59. The molecule has 114 valence electrons. The maximum atomic E-state index is 12.2. The summed E-state index contributed by atoms with van der Waals surface area (Å²) in [4.78, 5) is 25.8. The summed E-state index contributed by atoms with van der Waals surface area (Å²) < 4.78 is 1.09. The van der Waals surface area contributed by atoms with Crippen molar-refractivity contribution in [3.05, 3.63) is 40.2 Å². The first kappa shape index (κ1) is 15.1. The molecule has 1 saturated heterocycles. The summed E-state index contributed by atoms with van der Waals surface area (Å²) in [5, 5.41) is 1.66. The highest BCUT2D eigenvalue weighted by molar-refractivity contribution is 7.20. The van der Waals surface area contributed by atoms with Crippen LogP contribution in [0, 0.1) is 5.92 Å². The van der Waals surface area contributed by atoms with Gasteiger partial charge in [0.15, 0.2) is 0 Å². The van der Waals surface area contributed by atoms with E-state index in [0.29, 0.717) is 24.5 Å². The minimum Gasteiger partial charge on any atom is -0.369 e. The van der Waals surface area contributed by atoms with Crippen LogP contribution in [0.2, 0.25) is 5.02 Å². The number of benzene rings is 1. The van der Waals surface area contributed by atoms with E-state index in [1.54, 1.807) is 22.3 Å². The molecule has 6 heteroatoms. The fraction of sp³-hybridized carbons (Fsp3) is 0.250. The van der Waals surface area contributed by atoms with E-state index in [-0.39, 0.29) is 17.7 Å². The number of amides is 2. The summed E-state index contributed by atoms with van der Waals surface area (Å²) in [6.45, 7) is 0.968. The number of nitrogens with zero attached hydrogens (tertiary/aromatic N) is 1. The number of halogens is 1. The minimum atomic E-state index is -0.341. The second-order valence-electron chi connectivity index (χ2n) is 5.28. The molecule has 1 aliphatic rings.